The summed E-state index contributed by atoms with van der Waals surface area (Å²) in [5.74, 6) is 0. The van der Waals surface area contributed by atoms with E-state index in [-0.39, 0.29) is 11.0 Å². The van der Waals surface area contributed by atoms with Gasteiger partial charge in [0.2, 0.25) is 0 Å². The van der Waals surface area contributed by atoms with Crippen molar-refractivity contribution in [1.29, 1.82) is 5.26 Å². The van der Waals surface area contributed by atoms with Gasteiger partial charge in [-0.25, -0.2) is 0 Å². The van der Waals surface area contributed by atoms with Gasteiger partial charge < -0.3 is 4.74 Å². The first-order chi connectivity index (χ1) is 9.43. The van der Waals surface area contributed by atoms with Gasteiger partial charge in [0.1, 0.15) is 0 Å². The Bertz CT molecular complexity index is 432. The molecule has 0 aromatic heterocycles. The number of nitrogens with zero attached hydrogens (tertiary/aromatic N) is 1. The molecule has 0 aliphatic rings. The fourth-order valence-electron chi connectivity index (χ4n) is 2.26. The Hall–Kier alpha value is -1.33. The third kappa shape index (κ3) is 4.98. The van der Waals surface area contributed by atoms with Crippen LogP contribution in [0.1, 0.15) is 58.9 Å². The van der Waals surface area contributed by atoms with Crippen LogP contribution in [0.25, 0.3) is 0 Å². The first-order valence-electron chi connectivity index (χ1n) is 7.50. The van der Waals surface area contributed by atoms with E-state index in [1.165, 1.54) is 5.56 Å². The van der Waals surface area contributed by atoms with E-state index in [1.54, 1.807) is 0 Å². The number of ether oxygens (including phenoxy) is 1. The molecule has 1 unspecified atom stereocenters. The van der Waals surface area contributed by atoms with Crippen LogP contribution in [0.3, 0.4) is 0 Å². The summed E-state index contributed by atoms with van der Waals surface area (Å²) in [6, 6.07) is 12.8. The second kappa shape index (κ2) is 7.45. The van der Waals surface area contributed by atoms with E-state index in [0.717, 1.165) is 25.9 Å². The number of hydrogen-bond acceptors (Lipinski definition) is 2. The van der Waals surface area contributed by atoms with Gasteiger partial charge in [0.25, 0.3) is 0 Å². The first kappa shape index (κ1) is 16.7. The average molecular weight is 273 g/mol. The molecule has 0 aliphatic heterocycles. The molecule has 1 rings (SSSR count). The summed E-state index contributed by atoms with van der Waals surface area (Å²) >= 11 is 0. The standard InChI is InChI=1S/C18H27NO/c1-5-18(4,12-9-14-19)20-15-13-17(2,3)16-10-7-6-8-11-16/h6-8,10-11H,5,9,12-13,15H2,1-4H3. The highest BCUT2D eigenvalue weighted by Crippen LogP contribution is 2.29. The van der Waals surface area contributed by atoms with Gasteiger partial charge >= 0.3 is 0 Å². The summed E-state index contributed by atoms with van der Waals surface area (Å²) in [6.07, 6.45) is 3.30. The van der Waals surface area contributed by atoms with Gasteiger partial charge in [-0.1, -0.05) is 51.1 Å². The van der Waals surface area contributed by atoms with Crippen LogP contribution in [0.2, 0.25) is 0 Å². The maximum atomic E-state index is 8.72. The van der Waals surface area contributed by atoms with Gasteiger partial charge in [-0.2, -0.15) is 5.26 Å². The number of benzene rings is 1. The van der Waals surface area contributed by atoms with Crippen molar-refractivity contribution in [3.05, 3.63) is 35.9 Å². The fraction of sp³-hybridized carbons (Fsp3) is 0.611. The molecule has 110 valence electrons. The van der Waals surface area contributed by atoms with E-state index in [0.29, 0.717) is 6.42 Å². The quantitative estimate of drug-likeness (QED) is 0.678. The van der Waals surface area contributed by atoms with Crippen LogP contribution in [0, 0.1) is 11.3 Å². The van der Waals surface area contributed by atoms with Crippen LogP contribution in [0.4, 0.5) is 0 Å². The average Bonchev–Trinajstić information content (AvgIpc) is 2.46. The van der Waals surface area contributed by atoms with Crippen molar-refractivity contribution in [2.75, 3.05) is 6.61 Å². The molecular weight excluding hydrogens is 246 g/mol. The number of rotatable bonds is 8. The SMILES string of the molecule is CCC(C)(CCC#N)OCCC(C)(C)c1ccccc1. The Balaban J connectivity index is 2.52. The monoisotopic (exact) mass is 273 g/mol. The molecule has 0 amide bonds. The Labute approximate surface area is 123 Å². The van der Waals surface area contributed by atoms with E-state index >= 15 is 0 Å². The second-order valence-electron chi connectivity index (χ2n) is 6.31. The lowest BCUT2D eigenvalue weighted by Crippen LogP contribution is -2.30. The van der Waals surface area contributed by atoms with Crippen molar-refractivity contribution in [2.45, 2.75) is 64.4 Å². The third-order valence-corrected chi connectivity index (χ3v) is 4.25. The normalized spacial score (nSPS) is 14.6. The number of hydrogen-bond donors (Lipinski definition) is 0. The van der Waals surface area contributed by atoms with Crippen molar-refractivity contribution >= 4 is 0 Å². The molecule has 0 saturated carbocycles. The zero-order valence-corrected chi connectivity index (χ0v) is 13.3. The molecule has 0 bridgehead atoms. The minimum atomic E-state index is -0.164. The van der Waals surface area contributed by atoms with Crippen LogP contribution in [-0.2, 0) is 10.2 Å². The molecule has 0 aliphatic carbocycles. The highest BCUT2D eigenvalue weighted by molar-refractivity contribution is 5.23. The fourth-order valence-corrected chi connectivity index (χ4v) is 2.26. The zero-order chi connectivity index (χ0) is 15.1. The number of nitriles is 1. The van der Waals surface area contributed by atoms with Crippen molar-refractivity contribution in [3.63, 3.8) is 0 Å². The van der Waals surface area contributed by atoms with Crippen molar-refractivity contribution < 1.29 is 4.74 Å². The van der Waals surface area contributed by atoms with Crippen LogP contribution < -0.4 is 0 Å². The predicted molar refractivity (Wildman–Crippen MR) is 83.6 cm³/mol. The summed E-state index contributed by atoms with van der Waals surface area (Å²) in [5, 5.41) is 8.72. The third-order valence-electron chi connectivity index (χ3n) is 4.25. The highest BCUT2D eigenvalue weighted by Gasteiger charge is 2.25. The van der Waals surface area contributed by atoms with E-state index < -0.39 is 0 Å². The maximum absolute atomic E-state index is 8.72. The molecule has 1 atom stereocenters. The van der Waals surface area contributed by atoms with Crippen molar-refractivity contribution in [3.8, 4) is 6.07 Å². The predicted octanol–water partition coefficient (Wildman–Crippen LogP) is 4.84. The summed E-state index contributed by atoms with van der Waals surface area (Å²) in [4.78, 5) is 0. The molecule has 0 saturated heterocycles. The molecule has 1 aromatic rings. The van der Waals surface area contributed by atoms with Crippen molar-refractivity contribution in [1.82, 2.24) is 0 Å². The molecule has 0 N–H and O–H groups in total. The van der Waals surface area contributed by atoms with E-state index in [9.17, 15) is 0 Å². The first-order valence-corrected chi connectivity index (χ1v) is 7.50. The van der Waals surface area contributed by atoms with E-state index in [2.05, 4.69) is 58.0 Å². The highest BCUT2D eigenvalue weighted by atomic mass is 16.5. The van der Waals surface area contributed by atoms with Gasteiger partial charge in [-0.15, -0.1) is 0 Å². The molecule has 0 fully saturated rings. The molecule has 20 heavy (non-hydrogen) atoms. The van der Waals surface area contributed by atoms with Crippen LogP contribution in [0.5, 0.6) is 0 Å². The molecule has 0 radical (unpaired) electrons. The van der Waals surface area contributed by atoms with E-state index in [1.807, 2.05) is 6.07 Å². The summed E-state index contributed by atoms with van der Waals surface area (Å²) in [5.41, 5.74) is 1.30. The second-order valence-corrected chi connectivity index (χ2v) is 6.31. The molecular formula is C18H27NO. The topological polar surface area (TPSA) is 33.0 Å². The molecule has 2 nitrogen and oxygen atoms in total. The van der Waals surface area contributed by atoms with Gasteiger partial charge in [-0.05, 0) is 37.2 Å². The maximum Gasteiger partial charge on any atom is 0.0661 e. The smallest absolute Gasteiger partial charge is 0.0661 e. The summed E-state index contributed by atoms with van der Waals surface area (Å²) in [6.45, 7) is 9.48. The molecule has 0 heterocycles. The van der Waals surface area contributed by atoms with Gasteiger partial charge in [0.05, 0.1) is 11.7 Å². The Morgan fingerprint density at radius 2 is 1.75 bits per heavy atom. The van der Waals surface area contributed by atoms with Gasteiger partial charge in [0, 0.05) is 13.0 Å². The van der Waals surface area contributed by atoms with Gasteiger partial charge in [-0.3, -0.25) is 0 Å². The lowest BCUT2D eigenvalue weighted by atomic mass is 9.82. The minimum Gasteiger partial charge on any atom is -0.375 e. The summed E-state index contributed by atoms with van der Waals surface area (Å²) < 4.78 is 6.09. The minimum absolute atomic E-state index is 0.116. The van der Waals surface area contributed by atoms with Gasteiger partial charge in [0.15, 0.2) is 0 Å². The Morgan fingerprint density at radius 1 is 1.10 bits per heavy atom. The largest absolute Gasteiger partial charge is 0.375 e. The van der Waals surface area contributed by atoms with Crippen LogP contribution >= 0.6 is 0 Å². The Morgan fingerprint density at radius 3 is 2.30 bits per heavy atom. The van der Waals surface area contributed by atoms with Crippen LogP contribution in [-0.4, -0.2) is 12.2 Å². The summed E-state index contributed by atoms with van der Waals surface area (Å²) in [7, 11) is 0. The lowest BCUT2D eigenvalue weighted by molar-refractivity contribution is -0.0450. The Kier molecular flexibility index (Phi) is 6.23. The lowest BCUT2D eigenvalue weighted by Gasteiger charge is -2.31. The molecule has 1 aromatic carbocycles. The van der Waals surface area contributed by atoms with E-state index in [4.69, 9.17) is 10.00 Å². The van der Waals surface area contributed by atoms with Crippen molar-refractivity contribution in [2.24, 2.45) is 0 Å². The molecule has 0 spiro atoms. The molecule has 2 heteroatoms. The zero-order valence-electron chi connectivity index (χ0n) is 13.3. The van der Waals surface area contributed by atoms with Crippen LogP contribution in [0.15, 0.2) is 30.3 Å².